The van der Waals surface area contributed by atoms with Crippen LogP contribution in [0, 0.1) is 0 Å². The van der Waals surface area contributed by atoms with Gasteiger partial charge in [0.15, 0.2) is 0 Å². The van der Waals surface area contributed by atoms with E-state index in [0.717, 1.165) is 13.2 Å². The van der Waals surface area contributed by atoms with Gasteiger partial charge in [0.1, 0.15) is 0 Å². The highest BCUT2D eigenvalue weighted by molar-refractivity contribution is 5.66. The summed E-state index contributed by atoms with van der Waals surface area (Å²) < 4.78 is 20.7. The molecule has 0 aromatic rings. The first-order valence-electron chi connectivity index (χ1n) is 6.71. The molecule has 0 fully saturated rings. The summed E-state index contributed by atoms with van der Waals surface area (Å²) in [4.78, 5) is 9.37. The van der Waals surface area contributed by atoms with Gasteiger partial charge in [-0.3, -0.25) is 4.79 Å². The molecule has 0 aliphatic heterocycles. The maximum Gasteiger partial charge on any atom is 0.303 e. The van der Waals surface area contributed by atoms with Crippen LogP contribution >= 0.6 is 0 Å². The van der Waals surface area contributed by atoms with Gasteiger partial charge < -0.3 is 24.1 Å². The Labute approximate surface area is 116 Å². The van der Waals surface area contributed by atoms with E-state index in [4.69, 9.17) is 24.1 Å². The summed E-state index contributed by atoms with van der Waals surface area (Å²) in [7, 11) is 0. The Bertz CT molecular complexity index is 163. The summed E-state index contributed by atoms with van der Waals surface area (Å²) in [6.07, 6.45) is 0.222. The summed E-state index contributed by atoms with van der Waals surface area (Å²) in [5, 5.41) is 7.72. The van der Waals surface area contributed by atoms with E-state index >= 15 is 0 Å². The number of carbonyl (C=O) groups is 1. The van der Waals surface area contributed by atoms with Crippen LogP contribution in [-0.4, -0.2) is 63.9 Å². The molecule has 6 nitrogen and oxygen atoms in total. The molecule has 0 rings (SSSR count). The van der Waals surface area contributed by atoms with Crippen LogP contribution in [0.2, 0.25) is 0 Å². The minimum absolute atomic E-state index is 0.222. The molecule has 1 N–H and O–H groups in total. The standard InChI is InChI=1S/C10H22O4.C3H6O2/c1-3-11-5-7-13-9-10-14-8-6-12-4-2;1-2-3(4)5/h3-10H2,1-2H3;2H2,1H3,(H,4,5). The fourth-order valence-corrected chi connectivity index (χ4v) is 0.846. The van der Waals surface area contributed by atoms with E-state index in [2.05, 4.69) is 0 Å². The number of carboxylic acid groups (broad SMARTS) is 1. The second kappa shape index (κ2) is 19.6. The third-order valence-electron chi connectivity index (χ3n) is 1.83. The van der Waals surface area contributed by atoms with Crippen LogP contribution in [0.3, 0.4) is 0 Å². The highest BCUT2D eigenvalue weighted by Crippen LogP contribution is 1.81. The molecule has 0 spiro atoms. The average molecular weight is 280 g/mol. The van der Waals surface area contributed by atoms with Crippen LogP contribution in [0.15, 0.2) is 0 Å². The van der Waals surface area contributed by atoms with Crippen molar-refractivity contribution in [2.24, 2.45) is 0 Å². The molecular weight excluding hydrogens is 252 g/mol. The molecule has 0 saturated heterocycles. The van der Waals surface area contributed by atoms with Gasteiger partial charge in [0.05, 0.1) is 39.6 Å². The molecule has 116 valence electrons. The monoisotopic (exact) mass is 280 g/mol. The molecule has 0 bridgehead atoms. The molecule has 0 heterocycles. The van der Waals surface area contributed by atoms with E-state index in [0.29, 0.717) is 39.6 Å². The van der Waals surface area contributed by atoms with Gasteiger partial charge in [0.2, 0.25) is 0 Å². The maximum absolute atomic E-state index is 9.37. The SMILES string of the molecule is CCC(=O)O.CCOCCOCCOCCOCC. The topological polar surface area (TPSA) is 74.2 Å². The first-order valence-corrected chi connectivity index (χ1v) is 6.71. The number of carboxylic acids is 1. The van der Waals surface area contributed by atoms with Gasteiger partial charge in [0, 0.05) is 19.6 Å². The molecule has 0 aromatic heterocycles. The van der Waals surface area contributed by atoms with Crippen LogP contribution in [0.1, 0.15) is 27.2 Å². The summed E-state index contributed by atoms with van der Waals surface area (Å²) in [6, 6.07) is 0. The first-order chi connectivity index (χ1) is 9.18. The molecule has 6 heteroatoms. The van der Waals surface area contributed by atoms with Gasteiger partial charge in [-0.15, -0.1) is 0 Å². The molecule has 0 radical (unpaired) electrons. The fraction of sp³-hybridized carbons (Fsp3) is 0.923. The lowest BCUT2D eigenvalue weighted by Crippen LogP contribution is -2.11. The van der Waals surface area contributed by atoms with Gasteiger partial charge in [0.25, 0.3) is 0 Å². The van der Waals surface area contributed by atoms with E-state index in [1.54, 1.807) is 6.92 Å². The zero-order chi connectivity index (χ0) is 14.8. The van der Waals surface area contributed by atoms with Gasteiger partial charge in [-0.2, -0.15) is 0 Å². The lowest BCUT2D eigenvalue weighted by Gasteiger charge is -2.05. The lowest BCUT2D eigenvalue weighted by atomic mass is 10.5. The highest BCUT2D eigenvalue weighted by atomic mass is 16.6. The van der Waals surface area contributed by atoms with E-state index < -0.39 is 5.97 Å². The Kier molecular flexibility index (Phi) is 21.3. The second-order valence-corrected chi connectivity index (χ2v) is 3.37. The Morgan fingerprint density at radius 1 is 0.737 bits per heavy atom. The van der Waals surface area contributed by atoms with Crippen molar-refractivity contribution in [3.05, 3.63) is 0 Å². The van der Waals surface area contributed by atoms with Crippen LogP contribution in [-0.2, 0) is 23.7 Å². The summed E-state index contributed by atoms with van der Waals surface area (Å²) in [5.41, 5.74) is 0. The normalized spacial score (nSPS) is 9.84. The minimum Gasteiger partial charge on any atom is -0.481 e. The van der Waals surface area contributed by atoms with E-state index in [9.17, 15) is 4.79 Å². The lowest BCUT2D eigenvalue weighted by molar-refractivity contribution is -0.136. The fourth-order valence-electron chi connectivity index (χ4n) is 0.846. The van der Waals surface area contributed by atoms with Crippen LogP contribution in [0.4, 0.5) is 0 Å². The molecule has 0 aliphatic carbocycles. The predicted octanol–water partition coefficient (Wildman–Crippen LogP) is 1.57. The third kappa shape index (κ3) is 26.8. The molecule has 0 aromatic carbocycles. The van der Waals surface area contributed by atoms with Crippen molar-refractivity contribution in [3.8, 4) is 0 Å². The van der Waals surface area contributed by atoms with E-state index in [-0.39, 0.29) is 6.42 Å². The number of hydrogen-bond acceptors (Lipinski definition) is 5. The quantitative estimate of drug-likeness (QED) is 0.547. The van der Waals surface area contributed by atoms with Crippen molar-refractivity contribution in [1.82, 2.24) is 0 Å². The second-order valence-electron chi connectivity index (χ2n) is 3.37. The third-order valence-corrected chi connectivity index (χ3v) is 1.83. The van der Waals surface area contributed by atoms with Crippen molar-refractivity contribution in [3.63, 3.8) is 0 Å². The number of rotatable bonds is 12. The van der Waals surface area contributed by atoms with Crippen molar-refractivity contribution in [2.45, 2.75) is 27.2 Å². The van der Waals surface area contributed by atoms with Crippen molar-refractivity contribution in [2.75, 3.05) is 52.9 Å². The molecule has 0 unspecified atom stereocenters. The Morgan fingerprint density at radius 3 is 1.21 bits per heavy atom. The smallest absolute Gasteiger partial charge is 0.303 e. The van der Waals surface area contributed by atoms with Gasteiger partial charge in [-0.25, -0.2) is 0 Å². The van der Waals surface area contributed by atoms with Crippen LogP contribution in [0.5, 0.6) is 0 Å². The molecule has 0 saturated carbocycles. The molecular formula is C13H28O6. The Balaban J connectivity index is 0. The first kappa shape index (κ1) is 20.6. The number of aliphatic carboxylic acids is 1. The van der Waals surface area contributed by atoms with Crippen molar-refractivity contribution < 1.29 is 28.8 Å². The van der Waals surface area contributed by atoms with Crippen molar-refractivity contribution in [1.29, 1.82) is 0 Å². The zero-order valence-electron chi connectivity index (χ0n) is 12.4. The molecule has 0 atom stereocenters. The number of ether oxygens (including phenoxy) is 4. The van der Waals surface area contributed by atoms with Crippen molar-refractivity contribution >= 4 is 5.97 Å². The molecule has 19 heavy (non-hydrogen) atoms. The summed E-state index contributed by atoms with van der Waals surface area (Å²) in [6.45, 7) is 10.9. The van der Waals surface area contributed by atoms with E-state index in [1.165, 1.54) is 0 Å². The zero-order valence-corrected chi connectivity index (χ0v) is 12.4. The minimum atomic E-state index is -0.745. The highest BCUT2D eigenvalue weighted by Gasteiger charge is 1.90. The summed E-state index contributed by atoms with van der Waals surface area (Å²) in [5.74, 6) is -0.745. The Hall–Kier alpha value is -0.690. The van der Waals surface area contributed by atoms with E-state index in [1.807, 2.05) is 13.8 Å². The van der Waals surface area contributed by atoms with Crippen LogP contribution in [0.25, 0.3) is 0 Å². The Morgan fingerprint density at radius 2 is 1.00 bits per heavy atom. The maximum atomic E-state index is 9.37. The predicted molar refractivity (Wildman–Crippen MR) is 72.6 cm³/mol. The molecule has 0 amide bonds. The molecule has 0 aliphatic rings. The van der Waals surface area contributed by atoms with Crippen LogP contribution < -0.4 is 0 Å². The summed E-state index contributed by atoms with van der Waals surface area (Å²) >= 11 is 0. The largest absolute Gasteiger partial charge is 0.481 e. The van der Waals surface area contributed by atoms with Gasteiger partial charge in [-0.05, 0) is 13.8 Å². The average Bonchev–Trinajstić information content (AvgIpc) is 2.41. The van der Waals surface area contributed by atoms with Gasteiger partial charge in [-0.1, -0.05) is 6.92 Å². The number of hydrogen-bond donors (Lipinski definition) is 1. The van der Waals surface area contributed by atoms with Gasteiger partial charge >= 0.3 is 5.97 Å².